The lowest BCUT2D eigenvalue weighted by Crippen LogP contribution is -2.21. The quantitative estimate of drug-likeness (QED) is 0.908. The van der Waals surface area contributed by atoms with Gasteiger partial charge in [-0.1, -0.05) is 17.7 Å². The topological polar surface area (TPSA) is 59.3 Å². The van der Waals surface area contributed by atoms with E-state index >= 15 is 0 Å². The van der Waals surface area contributed by atoms with Gasteiger partial charge in [0.15, 0.2) is 5.43 Å². The minimum absolute atomic E-state index is 0.00287. The van der Waals surface area contributed by atoms with Gasteiger partial charge in [-0.25, -0.2) is 4.79 Å². The minimum atomic E-state index is -1.12. The molecule has 0 bridgehead atoms. The second kappa shape index (κ2) is 4.46. The van der Waals surface area contributed by atoms with Crippen LogP contribution < -0.4 is 5.43 Å². The Labute approximate surface area is 108 Å². The van der Waals surface area contributed by atoms with E-state index in [4.69, 9.17) is 11.6 Å². The van der Waals surface area contributed by atoms with Crippen molar-refractivity contribution in [3.05, 3.63) is 44.7 Å². The Balaban J connectivity index is 3.13. The Morgan fingerprint density at radius 1 is 1.44 bits per heavy atom. The van der Waals surface area contributed by atoms with Crippen molar-refractivity contribution in [3.63, 3.8) is 0 Å². The third kappa shape index (κ3) is 1.69. The fourth-order valence-electron chi connectivity index (χ4n) is 2.19. The van der Waals surface area contributed by atoms with Gasteiger partial charge in [0, 0.05) is 17.5 Å². The number of hydrogen-bond acceptors (Lipinski definition) is 2. The number of carboxylic acid groups (broad SMARTS) is 1. The van der Waals surface area contributed by atoms with Crippen molar-refractivity contribution in [3.8, 4) is 0 Å². The largest absolute Gasteiger partial charge is 0.477 e. The summed E-state index contributed by atoms with van der Waals surface area (Å²) in [6.45, 7) is 3.78. The summed E-state index contributed by atoms with van der Waals surface area (Å²) in [5, 5.41) is 10.1. The summed E-state index contributed by atoms with van der Waals surface area (Å²) in [5.41, 5.74) is 0.437. The van der Waals surface area contributed by atoms with E-state index in [-0.39, 0.29) is 16.7 Å². The predicted octanol–water partition coefficient (Wildman–Crippen LogP) is 2.68. The van der Waals surface area contributed by atoms with Crippen molar-refractivity contribution in [2.75, 3.05) is 0 Å². The highest BCUT2D eigenvalue weighted by Crippen LogP contribution is 2.24. The van der Waals surface area contributed by atoms with Gasteiger partial charge in [0.1, 0.15) is 5.69 Å². The van der Waals surface area contributed by atoms with Gasteiger partial charge < -0.3 is 9.67 Å². The fraction of sp³-hybridized carbons (Fsp3) is 0.231. The molecule has 0 saturated carbocycles. The zero-order chi connectivity index (χ0) is 13.4. The second-order valence-electron chi connectivity index (χ2n) is 3.99. The molecule has 0 spiro atoms. The molecule has 2 aromatic rings. The maximum Gasteiger partial charge on any atom is 0.352 e. The lowest BCUT2D eigenvalue weighted by molar-refractivity contribution is 0.0684. The molecule has 0 aliphatic rings. The van der Waals surface area contributed by atoms with Gasteiger partial charge in [0.2, 0.25) is 0 Å². The van der Waals surface area contributed by atoms with E-state index in [1.807, 2.05) is 6.92 Å². The van der Waals surface area contributed by atoms with E-state index in [2.05, 4.69) is 0 Å². The molecule has 1 N–H and O–H groups in total. The molecule has 2 rings (SSSR count). The van der Waals surface area contributed by atoms with Crippen LogP contribution in [0.15, 0.2) is 23.0 Å². The van der Waals surface area contributed by atoms with E-state index in [9.17, 15) is 14.7 Å². The number of pyridine rings is 1. The van der Waals surface area contributed by atoms with Crippen molar-refractivity contribution < 1.29 is 9.90 Å². The summed E-state index contributed by atoms with van der Waals surface area (Å²) in [7, 11) is 0. The highest BCUT2D eigenvalue weighted by Gasteiger charge is 2.19. The van der Waals surface area contributed by atoms with E-state index in [1.165, 1.54) is 6.92 Å². The molecule has 0 radical (unpaired) electrons. The summed E-state index contributed by atoms with van der Waals surface area (Å²) < 4.78 is 1.57. The van der Waals surface area contributed by atoms with Crippen LogP contribution in [0.5, 0.6) is 0 Å². The molecular weight excluding hydrogens is 254 g/mol. The number of carbonyl (C=O) groups is 1. The third-order valence-corrected chi connectivity index (χ3v) is 3.29. The number of aryl methyl sites for hydroxylation is 1. The van der Waals surface area contributed by atoms with Crippen molar-refractivity contribution in [2.24, 2.45) is 0 Å². The highest BCUT2D eigenvalue weighted by molar-refractivity contribution is 6.35. The average Bonchev–Trinajstić information content (AvgIpc) is 2.33. The molecule has 0 aliphatic carbocycles. The third-order valence-electron chi connectivity index (χ3n) is 2.99. The first kappa shape index (κ1) is 12.6. The zero-order valence-electron chi connectivity index (χ0n) is 10.0. The van der Waals surface area contributed by atoms with E-state index in [1.54, 1.807) is 22.8 Å². The smallest absolute Gasteiger partial charge is 0.352 e. The van der Waals surface area contributed by atoms with Crippen LogP contribution in [-0.2, 0) is 6.54 Å². The summed E-state index contributed by atoms with van der Waals surface area (Å²) in [6, 6.07) is 5.00. The second-order valence-corrected chi connectivity index (χ2v) is 4.40. The SMILES string of the molecule is CCn1c(C(=O)O)c(C)c(=O)c2cccc(Cl)c21. The number of para-hydroxylation sites is 1. The molecule has 0 amide bonds. The first-order chi connectivity index (χ1) is 8.49. The van der Waals surface area contributed by atoms with Gasteiger partial charge in [-0.3, -0.25) is 4.79 Å². The maximum atomic E-state index is 12.1. The van der Waals surface area contributed by atoms with Gasteiger partial charge in [-0.2, -0.15) is 0 Å². The first-order valence-electron chi connectivity index (χ1n) is 5.54. The van der Waals surface area contributed by atoms with Gasteiger partial charge in [-0.15, -0.1) is 0 Å². The van der Waals surface area contributed by atoms with Gasteiger partial charge in [-0.05, 0) is 26.0 Å². The van der Waals surface area contributed by atoms with Crippen LogP contribution in [0, 0.1) is 6.92 Å². The Morgan fingerprint density at radius 2 is 2.11 bits per heavy atom. The highest BCUT2D eigenvalue weighted by atomic mass is 35.5. The Hall–Kier alpha value is -1.81. The van der Waals surface area contributed by atoms with Crippen LogP contribution in [0.25, 0.3) is 10.9 Å². The molecular formula is C13H12ClNO3. The molecule has 0 unspecified atom stereocenters. The Bertz CT molecular complexity index is 703. The number of carboxylic acids is 1. The van der Waals surface area contributed by atoms with Gasteiger partial charge in [0.05, 0.1) is 10.5 Å². The predicted molar refractivity (Wildman–Crippen MR) is 70.6 cm³/mol. The zero-order valence-corrected chi connectivity index (χ0v) is 10.8. The molecule has 18 heavy (non-hydrogen) atoms. The fourth-order valence-corrected chi connectivity index (χ4v) is 2.47. The number of halogens is 1. The number of aromatic nitrogens is 1. The summed E-state index contributed by atoms with van der Waals surface area (Å²) >= 11 is 6.09. The van der Waals surface area contributed by atoms with Gasteiger partial charge in [0.25, 0.3) is 0 Å². The van der Waals surface area contributed by atoms with Crippen LogP contribution in [0.3, 0.4) is 0 Å². The standard InChI is InChI=1S/C13H12ClNO3/c1-3-15-10(13(17)18)7(2)12(16)8-5-4-6-9(14)11(8)15/h4-6H,3H2,1-2H3,(H,17,18). The summed E-state index contributed by atoms with van der Waals surface area (Å²) in [5.74, 6) is -1.12. The molecule has 94 valence electrons. The monoisotopic (exact) mass is 265 g/mol. The molecule has 1 aromatic heterocycles. The van der Waals surface area contributed by atoms with E-state index in [0.717, 1.165) is 0 Å². The van der Waals surface area contributed by atoms with E-state index < -0.39 is 5.97 Å². The Kier molecular flexibility index (Phi) is 3.13. The number of aromatic carboxylic acids is 1. The number of fused-ring (bicyclic) bond motifs is 1. The number of nitrogens with zero attached hydrogens (tertiary/aromatic N) is 1. The molecule has 0 aliphatic heterocycles. The van der Waals surface area contributed by atoms with E-state index in [0.29, 0.717) is 22.5 Å². The molecule has 1 aromatic carbocycles. The van der Waals surface area contributed by atoms with Crippen molar-refractivity contribution >= 4 is 28.5 Å². The van der Waals surface area contributed by atoms with Crippen LogP contribution in [0.2, 0.25) is 5.02 Å². The lowest BCUT2D eigenvalue weighted by Gasteiger charge is -2.15. The average molecular weight is 266 g/mol. The van der Waals surface area contributed by atoms with Crippen LogP contribution in [0.4, 0.5) is 0 Å². The lowest BCUT2D eigenvalue weighted by atomic mass is 10.1. The number of benzene rings is 1. The Morgan fingerprint density at radius 3 is 2.67 bits per heavy atom. The minimum Gasteiger partial charge on any atom is -0.477 e. The molecule has 4 nitrogen and oxygen atoms in total. The van der Waals surface area contributed by atoms with Crippen LogP contribution >= 0.6 is 11.6 Å². The van der Waals surface area contributed by atoms with Gasteiger partial charge >= 0.3 is 5.97 Å². The number of rotatable bonds is 2. The summed E-state index contributed by atoms with van der Waals surface area (Å²) in [4.78, 5) is 23.4. The molecule has 0 fully saturated rings. The molecule has 0 saturated heterocycles. The van der Waals surface area contributed by atoms with Crippen LogP contribution in [-0.4, -0.2) is 15.6 Å². The number of hydrogen-bond donors (Lipinski definition) is 1. The van der Waals surface area contributed by atoms with Crippen molar-refractivity contribution in [1.29, 1.82) is 0 Å². The summed E-state index contributed by atoms with van der Waals surface area (Å²) in [6.07, 6.45) is 0. The molecule has 5 heteroatoms. The van der Waals surface area contributed by atoms with Crippen LogP contribution in [0.1, 0.15) is 23.0 Å². The maximum absolute atomic E-state index is 12.1. The normalized spacial score (nSPS) is 10.8. The van der Waals surface area contributed by atoms with Crippen molar-refractivity contribution in [1.82, 2.24) is 4.57 Å². The molecule has 0 atom stereocenters. The van der Waals surface area contributed by atoms with Crippen molar-refractivity contribution in [2.45, 2.75) is 20.4 Å². The first-order valence-corrected chi connectivity index (χ1v) is 5.91. The molecule has 1 heterocycles.